The lowest BCUT2D eigenvalue weighted by molar-refractivity contribution is 0.0636. The van der Waals surface area contributed by atoms with Crippen molar-refractivity contribution in [3.63, 3.8) is 0 Å². The van der Waals surface area contributed by atoms with Gasteiger partial charge in [-0.2, -0.15) is 0 Å². The van der Waals surface area contributed by atoms with E-state index >= 15 is 0 Å². The number of hydrogen-bond acceptors (Lipinski definition) is 4. The molecule has 0 aromatic heterocycles. The van der Waals surface area contributed by atoms with Crippen LogP contribution in [0.2, 0.25) is 0 Å². The Kier molecular flexibility index (Phi) is 7.35. The number of ether oxygens (including phenoxy) is 2. The lowest BCUT2D eigenvalue weighted by Gasteiger charge is -2.20. The Balaban J connectivity index is 1.39. The summed E-state index contributed by atoms with van der Waals surface area (Å²) in [6.07, 6.45) is -1.00. The van der Waals surface area contributed by atoms with Gasteiger partial charge in [0.1, 0.15) is 12.2 Å². The molecular weight excluding hydrogens is 555 g/mol. The van der Waals surface area contributed by atoms with Crippen LogP contribution < -0.4 is 10.6 Å². The molecule has 0 saturated carbocycles. The Morgan fingerprint density at radius 2 is 1.54 bits per heavy atom. The Morgan fingerprint density at radius 1 is 0.943 bits per heavy atom. The summed E-state index contributed by atoms with van der Waals surface area (Å²) >= 11 is 2.21. The van der Waals surface area contributed by atoms with E-state index in [-0.39, 0.29) is 19.1 Å². The van der Waals surface area contributed by atoms with Crippen LogP contribution >= 0.6 is 22.6 Å². The normalized spacial score (nSPS) is 12.5. The van der Waals surface area contributed by atoms with Gasteiger partial charge >= 0.3 is 12.2 Å². The molecule has 2 N–H and O–H groups in total. The first kappa shape index (κ1) is 25.0. The fourth-order valence-electron chi connectivity index (χ4n) is 4.23. The van der Waals surface area contributed by atoms with Crippen LogP contribution in [0.1, 0.15) is 48.9 Å². The fraction of sp³-hybridized carbons (Fsp3) is 0.286. The Labute approximate surface area is 219 Å². The highest BCUT2D eigenvalue weighted by molar-refractivity contribution is 14.1. The molecule has 0 radical (unpaired) electrons. The van der Waals surface area contributed by atoms with Crippen LogP contribution in [0.3, 0.4) is 0 Å². The third-order valence-electron chi connectivity index (χ3n) is 5.86. The third-order valence-corrected chi connectivity index (χ3v) is 6.98. The van der Waals surface area contributed by atoms with Gasteiger partial charge in [0.25, 0.3) is 0 Å². The predicted octanol–water partition coefficient (Wildman–Crippen LogP) is 6.99. The van der Waals surface area contributed by atoms with Crippen LogP contribution in [0.15, 0.2) is 60.7 Å². The van der Waals surface area contributed by atoms with Crippen molar-refractivity contribution in [3.8, 4) is 11.1 Å². The summed E-state index contributed by atoms with van der Waals surface area (Å²) in [5.74, 6) is 0.0113. The van der Waals surface area contributed by atoms with Gasteiger partial charge in [0, 0.05) is 21.7 Å². The van der Waals surface area contributed by atoms with Crippen molar-refractivity contribution in [2.75, 3.05) is 11.9 Å². The van der Waals surface area contributed by atoms with Gasteiger partial charge in [0.2, 0.25) is 0 Å². The molecule has 0 unspecified atom stereocenters. The number of rotatable bonds is 5. The number of carbonyl (C=O) groups is 2. The van der Waals surface area contributed by atoms with Gasteiger partial charge in [-0.1, -0.05) is 48.5 Å². The molecule has 4 rings (SSSR count). The van der Waals surface area contributed by atoms with E-state index in [9.17, 15) is 9.59 Å². The molecule has 0 saturated heterocycles. The van der Waals surface area contributed by atoms with E-state index in [2.05, 4.69) is 57.5 Å². The first-order valence-corrected chi connectivity index (χ1v) is 12.6. The van der Waals surface area contributed by atoms with E-state index in [1.54, 1.807) is 0 Å². The SMILES string of the molecule is Cc1c(I)cc(NC(=O)OC(C)(C)C)cc1CNC(=O)OCC1c2ccccc2-c2ccccc21. The van der Waals surface area contributed by atoms with Gasteiger partial charge in [-0.25, -0.2) is 9.59 Å². The monoisotopic (exact) mass is 584 g/mol. The summed E-state index contributed by atoms with van der Waals surface area (Å²) < 4.78 is 12.0. The first-order chi connectivity index (χ1) is 16.6. The Bertz CT molecular complexity index is 1220. The first-order valence-electron chi connectivity index (χ1n) is 11.5. The summed E-state index contributed by atoms with van der Waals surface area (Å²) in [6, 6.07) is 20.2. The molecule has 7 heteroatoms. The molecule has 0 bridgehead atoms. The zero-order valence-electron chi connectivity index (χ0n) is 20.3. The minimum atomic E-state index is -0.587. The number of nitrogens with one attached hydrogen (secondary N) is 2. The minimum Gasteiger partial charge on any atom is -0.449 e. The van der Waals surface area contributed by atoms with E-state index in [4.69, 9.17) is 9.47 Å². The van der Waals surface area contributed by atoms with Crippen LogP contribution in [0.4, 0.5) is 15.3 Å². The molecule has 1 aliphatic rings. The predicted molar refractivity (Wildman–Crippen MR) is 146 cm³/mol. The minimum absolute atomic E-state index is 0.0113. The summed E-state index contributed by atoms with van der Waals surface area (Å²) in [4.78, 5) is 24.8. The number of carbonyl (C=O) groups excluding carboxylic acids is 2. The standard InChI is InChI=1S/C28H29IN2O4/c1-17-18(13-19(14-25(17)29)31-27(33)35-28(2,3)4)15-30-26(32)34-16-24-22-11-7-5-9-20(22)21-10-6-8-12-23(21)24/h5-14,24H,15-16H2,1-4H3,(H,30,32)(H,31,33). The molecule has 0 atom stereocenters. The molecule has 182 valence electrons. The smallest absolute Gasteiger partial charge is 0.412 e. The van der Waals surface area contributed by atoms with Crippen LogP contribution in [-0.4, -0.2) is 24.4 Å². The highest BCUT2D eigenvalue weighted by Gasteiger charge is 2.29. The molecular formula is C28H29IN2O4. The van der Waals surface area contributed by atoms with Crippen LogP contribution in [0, 0.1) is 10.5 Å². The van der Waals surface area contributed by atoms with Gasteiger partial charge in [0.15, 0.2) is 0 Å². The number of amides is 2. The quantitative estimate of drug-likeness (QED) is 0.317. The largest absolute Gasteiger partial charge is 0.449 e. The second-order valence-electron chi connectivity index (χ2n) is 9.55. The lowest BCUT2D eigenvalue weighted by atomic mass is 9.98. The fourth-order valence-corrected chi connectivity index (χ4v) is 4.91. The van der Waals surface area contributed by atoms with Crippen molar-refractivity contribution < 1.29 is 19.1 Å². The molecule has 1 aliphatic carbocycles. The summed E-state index contributed by atoms with van der Waals surface area (Å²) in [7, 11) is 0. The van der Waals surface area contributed by atoms with Gasteiger partial charge in [0.05, 0.1) is 0 Å². The zero-order valence-corrected chi connectivity index (χ0v) is 22.4. The van der Waals surface area contributed by atoms with Gasteiger partial charge in [-0.05, 0) is 95.8 Å². The number of hydrogen-bond donors (Lipinski definition) is 2. The van der Waals surface area contributed by atoms with E-state index in [1.165, 1.54) is 22.3 Å². The van der Waals surface area contributed by atoms with Crippen LogP contribution in [0.5, 0.6) is 0 Å². The molecule has 0 fully saturated rings. The third kappa shape index (κ3) is 5.96. The van der Waals surface area contributed by atoms with Gasteiger partial charge < -0.3 is 14.8 Å². The summed E-state index contributed by atoms with van der Waals surface area (Å²) in [6.45, 7) is 7.96. The number of halogens is 1. The molecule has 3 aromatic carbocycles. The van der Waals surface area contributed by atoms with Crippen LogP contribution in [-0.2, 0) is 16.0 Å². The van der Waals surface area contributed by atoms with Gasteiger partial charge in [-0.15, -0.1) is 0 Å². The lowest BCUT2D eigenvalue weighted by Crippen LogP contribution is -2.28. The van der Waals surface area contributed by atoms with E-state index in [0.29, 0.717) is 5.69 Å². The maximum absolute atomic E-state index is 12.6. The summed E-state index contributed by atoms with van der Waals surface area (Å²) in [5, 5.41) is 5.61. The maximum atomic E-state index is 12.6. The Morgan fingerprint density at radius 3 is 2.14 bits per heavy atom. The molecule has 3 aromatic rings. The topological polar surface area (TPSA) is 76.7 Å². The number of fused-ring (bicyclic) bond motifs is 3. The average Bonchev–Trinajstić information content (AvgIpc) is 3.11. The van der Waals surface area contributed by atoms with E-state index in [0.717, 1.165) is 14.7 Å². The molecule has 35 heavy (non-hydrogen) atoms. The summed E-state index contributed by atoms with van der Waals surface area (Å²) in [5.41, 5.74) is 6.67. The van der Waals surface area contributed by atoms with Crippen molar-refractivity contribution in [1.29, 1.82) is 0 Å². The highest BCUT2D eigenvalue weighted by atomic mass is 127. The van der Waals surface area contributed by atoms with Crippen molar-refractivity contribution in [1.82, 2.24) is 5.32 Å². The second-order valence-corrected chi connectivity index (χ2v) is 10.7. The van der Waals surface area contributed by atoms with Crippen molar-refractivity contribution in [2.24, 2.45) is 0 Å². The second kappa shape index (κ2) is 10.3. The Hall–Kier alpha value is -3.07. The van der Waals surface area contributed by atoms with E-state index < -0.39 is 17.8 Å². The van der Waals surface area contributed by atoms with Crippen molar-refractivity contribution in [2.45, 2.75) is 45.8 Å². The maximum Gasteiger partial charge on any atom is 0.412 e. The van der Waals surface area contributed by atoms with Crippen molar-refractivity contribution in [3.05, 3.63) is 86.5 Å². The molecule has 0 aliphatic heterocycles. The molecule has 2 amide bonds. The van der Waals surface area contributed by atoms with E-state index in [1.807, 2.05) is 64.1 Å². The molecule has 6 nitrogen and oxygen atoms in total. The highest BCUT2D eigenvalue weighted by Crippen LogP contribution is 2.44. The number of alkyl carbamates (subject to hydrolysis) is 1. The van der Waals surface area contributed by atoms with Gasteiger partial charge in [-0.3, -0.25) is 5.32 Å². The number of benzene rings is 3. The average molecular weight is 584 g/mol. The number of anilines is 1. The zero-order chi connectivity index (χ0) is 25.2. The van der Waals surface area contributed by atoms with Crippen LogP contribution in [0.25, 0.3) is 11.1 Å². The van der Waals surface area contributed by atoms with Crippen molar-refractivity contribution >= 4 is 40.5 Å². The molecule has 0 heterocycles. The molecule has 0 spiro atoms.